The van der Waals surface area contributed by atoms with E-state index in [-0.39, 0.29) is 11.1 Å². The minimum Gasteiger partial charge on any atom is -0.452 e. The predicted octanol–water partition coefficient (Wildman–Crippen LogP) is 0.251. The molecule has 1 saturated heterocycles. The first-order valence-corrected chi connectivity index (χ1v) is 9.90. The number of carbonyl (C=O) groups excluding carboxylic acids is 4. The van der Waals surface area contributed by atoms with Crippen LogP contribution in [0.5, 0.6) is 0 Å². The van der Waals surface area contributed by atoms with Gasteiger partial charge in [0.05, 0.1) is 16.5 Å². The van der Waals surface area contributed by atoms with Crippen molar-refractivity contribution in [2.24, 2.45) is 0 Å². The maximum absolute atomic E-state index is 12.5. The van der Waals surface area contributed by atoms with Gasteiger partial charge in [0, 0.05) is 13.0 Å². The van der Waals surface area contributed by atoms with Crippen LogP contribution in [0.4, 0.5) is 4.79 Å². The third-order valence-corrected chi connectivity index (χ3v) is 5.59. The summed E-state index contributed by atoms with van der Waals surface area (Å²) in [7, 11) is 0. The number of fused-ring (bicyclic) bond motifs is 2. The van der Waals surface area contributed by atoms with Crippen molar-refractivity contribution in [3.63, 3.8) is 0 Å². The molecule has 1 aromatic heterocycles. The summed E-state index contributed by atoms with van der Waals surface area (Å²) in [6.45, 7) is 3.21. The SMILES string of the molecule is CC[C@@]1(C)NC(=O)N(NC(=O)COC(=O)c2ccc3c(=O)n4c(nc3c2)CCC4)C1=O. The van der Waals surface area contributed by atoms with E-state index in [1.165, 1.54) is 18.2 Å². The fraction of sp³-hybridized carbons (Fsp3) is 0.400. The Balaban J connectivity index is 1.42. The summed E-state index contributed by atoms with van der Waals surface area (Å²) in [5.41, 5.74) is 1.40. The van der Waals surface area contributed by atoms with Gasteiger partial charge in [-0.3, -0.25) is 24.4 Å². The largest absolute Gasteiger partial charge is 0.452 e. The van der Waals surface area contributed by atoms with E-state index < -0.39 is 36.0 Å². The molecule has 2 N–H and O–H groups in total. The number of amides is 4. The lowest BCUT2D eigenvalue weighted by molar-refractivity contribution is -0.139. The molecule has 1 aromatic carbocycles. The average Bonchev–Trinajstić information content (AvgIpc) is 3.30. The number of benzene rings is 1. The number of aryl methyl sites for hydroxylation is 1. The van der Waals surface area contributed by atoms with E-state index in [4.69, 9.17) is 4.74 Å². The van der Waals surface area contributed by atoms with E-state index in [1.807, 2.05) is 0 Å². The van der Waals surface area contributed by atoms with Gasteiger partial charge in [0.25, 0.3) is 17.4 Å². The van der Waals surface area contributed by atoms with E-state index in [0.717, 1.165) is 6.42 Å². The lowest BCUT2D eigenvalue weighted by atomic mass is 10.00. The number of rotatable bonds is 5. The monoisotopic (exact) mass is 427 g/mol. The highest BCUT2D eigenvalue weighted by Crippen LogP contribution is 2.19. The van der Waals surface area contributed by atoms with Crippen LogP contribution >= 0.6 is 0 Å². The van der Waals surface area contributed by atoms with Gasteiger partial charge in [-0.25, -0.2) is 14.6 Å². The zero-order valence-electron chi connectivity index (χ0n) is 17.1. The summed E-state index contributed by atoms with van der Waals surface area (Å²) < 4.78 is 6.62. The second-order valence-electron chi connectivity index (χ2n) is 7.69. The normalized spacial score (nSPS) is 20.0. The molecule has 0 aliphatic carbocycles. The number of imide groups is 1. The number of carbonyl (C=O) groups is 4. The van der Waals surface area contributed by atoms with Crippen molar-refractivity contribution in [3.8, 4) is 0 Å². The summed E-state index contributed by atoms with van der Waals surface area (Å²) in [5.74, 6) is -1.56. The first kappa shape index (κ1) is 20.5. The van der Waals surface area contributed by atoms with Crippen LogP contribution in [0, 0.1) is 0 Å². The minimum absolute atomic E-state index is 0.128. The minimum atomic E-state index is -1.10. The van der Waals surface area contributed by atoms with Crippen molar-refractivity contribution in [3.05, 3.63) is 39.9 Å². The van der Waals surface area contributed by atoms with E-state index >= 15 is 0 Å². The zero-order chi connectivity index (χ0) is 22.3. The van der Waals surface area contributed by atoms with Gasteiger partial charge in [-0.15, -0.1) is 0 Å². The fourth-order valence-electron chi connectivity index (χ4n) is 3.61. The molecule has 0 saturated carbocycles. The molecule has 31 heavy (non-hydrogen) atoms. The van der Waals surface area contributed by atoms with E-state index in [0.29, 0.717) is 41.1 Å². The summed E-state index contributed by atoms with van der Waals surface area (Å²) in [6.07, 6.45) is 1.89. The average molecular weight is 427 g/mol. The highest BCUT2D eigenvalue weighted by atomic mass is 16.5. The number of hydrazine groups is 1. The number of ether oxygens (including phenoxy) is 1. The first-order chi connectivity index (χ1) is 14.7. The fourth-order valence-corrected chi connectivity index (χ4v) is 3.61. The molecule has 2 aliphatic heterocycles. The Kier molecular flexibility index (Phi) is 4.96. The molecule has 11 heteroatoms. The van der Waals surface area contributed by atoms with Crippen molar-refractivity contribution in [1.82, 2.24) is 25.3 Å². The highest BCUT2D eigenvalue weighted by Gasteiger charge is 2.47. The van der Waals surface area contributed by atoms with Crippen molar-refractivity contribution < 1.29 is 23.9 Å². The standard InChI is InChI=1S/C20H21N5O6/c1-3-20(2)18(29)25(19(30)22-20)23-15(26)10-31-17(28)11-6-7-12-13(9-11)21-14-5-4-8-24(14)16(12)27/h6-7,9H,3-5,8,10H2,1-2H3,(H,22,30)(H,23,26)/t20-/m1/s1. The number of urea groups is 1. The van der Waals surface area contributed by atoms with Crippen LogP contribution in [-0.4, -0.2) is 50.5 Å². The molecule has 4 rings (SSSR count). The number of hydrogen-bond donors (Lipinski definition) is 2. The maximum Gasteiger partial charge on any atom is 0.344 e. The Labute approximate surface area is 176 Å². The number of esters is 1. The van der Waals surface area contributed by atoms with Crippen LogP contribution in [0.2, 0.25) is 0 Å². The summed E-state index contributed by atoms with van der Waals surface area (Å²) in [4.78, 5) is 65.6. The number of nitrogens with zero attached hydrogens (tertiary/aromatic N) is 3. The molecule has 4 amide bonds. The van der Waals surface area contributed by atoms with E-state index in [9.17, 15) is 24.0 Å². The molecule has 0 radical (unpaired) electrons. The van der Waals surface area contributed by atoms with Gasteiger partial charge in [0.15, 0.2) is 6.61 Å². The van der Waals surface area contributed by atoms with Gasteiger partial charge >= 0.3 is 12.0 Å². The maximum atomic E-state index is 12.5. The lowest BCUT2D eigenvalue weighted by Gasteiger charge is -2.19. The van der Waals surface area contributed by atoms with E-state index in [2.05, 4.69) is 15.7 Å². The van der Waals surface area contributed by atoms with Crippen molar-refractivity contribution in [2.75, 3.05) is 6.61 Å². The summed E-state index contributed by atoms with van der Waals surface area (Å²) in [5, 5.41) is 3.47. The Morgan fingerprint density at radius 3 is 2.77 bits per heavy atom. The van der Waals surface area contributed by atoms with Gasteiger partial charge in [-0.05, 0) is 38.0 Å². The Morgan fingerprint density at radius 1 is 1.29 bits per heavy atom. The van der Waals surface area contributed by atoms with Crippen molar-refractivity contribution in [2.45, 2.75) is 45.2 Å². The number of aromatic nitrogens is 2. The quantitative estimate of drug-likeness (QED) is 0.515. The third-order valence-electron chi connectivity index (χ3n) is 5.59. The van der Waals surface area contributed by atoms with Gasteiger partial charge < -0.3 is 10.1 Å². The van der Waals surface area contributed by atoms with Gasteiger partial charge in [0.2, 0.25) is 0 Å². The van der Waals surface area contributed by atoms with Crippen LogP contribution < -0.4 is 16.3 Å². The zero-order valence-corrected chi connectivity index (χ0v) is 17.1. The smallest absolute Gasteiger partial charge is 0.344 e. The van der Waals surface area contributed by atoms with E-state index in [1.54, 1.807) is 18.4 Å². The Hall–Kier alpha value is -3.76. The van der Waals surface area contributed by atoms with Crippen LogP contribution in [-0.2, 0) is 27.3 Å². The third kappa shape index (κ3) is 3.51. The summed E-state index contributed by atoms with van der Waals surface area (Å²) in [6, 6.07) is 3.62. The van der Waals surface area contributed by atoms with Gasteiger partial charge in [0.1, 0.15) is 11.4 Å². The second kappa shape index (κ2) is 7.49. The molecule has 11 nitrogen and oxygen atoms in total. The molecule has 3 heterocycles. The highest BCUT2D eigenvalue weighted by molar-refractivity contribution is 6.07. The van der Waals surface area contributed by atoms with Gasteiger partial charge in [-0.2, -0.15) is 5.01 Å². The molecule has 0 unspecified atom stereocenters. The molecule has 1 atom stereocenters. The van der Waals surface area contributed by atoms with Crippen molar-refractivity contribution >= 4 is 34.7 Å². The number of nitrogens with one attached hydrogen (secondary N) is 2. The second-order valence-corrected chi connectivity index (χ2v) is 7.69. The molecule has 2 aliphatic rings. The van der Waals surface area contributed by atoms with Crippen molar-refractivity contribution in [1.29, 1.82) is 0 Å². The molecule has 162 valence electrons. The molecule has 2 aromatic rings. The Morgan fingerprint density at radius 2 is 2.06 bits per heavy atom. The molecule has 1 fully saturated rings. The topological polar surface area (TPSA) is 140 Å². The first-order valence-electron chi connectivity index (χ1n) is 9.90. The van der Waals surface area contributed by atoms with Crippen LogP contribution in [0.25, 0.3) is 10.9 Å². The van der Waals surface area contributed by atoms with Crippen LogP contribution in [0.15, 0.2) is 23.0 Å². The molecular formula is C20H21N5O6. The summed E-state index contributed by atoms with van der Waals surface area (Å²) >= 11 is 0. The Bertz CT molecular complexity index is 1190. The molecule has 0 spiro atoms. The molecule has 0 bridgehead atoms. The number of hydrogen-bond acceptors (Lipinski definition) is 7. The van der Waals surface area contributed by atoms with Crippen LogP contribution in [0.3, 0.4) is 0 Å². The molecular weight excluding hydrogens is 406 g/mol. The van der Waals surface area contributed by atoms with Gasteiger partial charge in [-0.1, -0.05) is 6.92 Å². The van der Waals surface area contributed by atoms with Crippen LogP contribution in [0.1, 0.15) is 42.9 Å². The predicted molar refractivity (Wildman–Crippen MR) is 107 cm³/mol. The lowest BCUT2D eigenvalue weighted by Crippen LogP contribution is -2.49.